The third-order valence-electron chi connectivity index (χ3n) is 2.33. The molecule has 0 spiro atoms. The number of aryl methyl sites for hydroxylation is 1. The highest BCUT2D eigenvalue weighted by Gasteiger charge is 2.14. The fourth-order valence-electron chi connectivity index (χ4n) is 1.26. The standard InChI is InChI=1S/C11H13FO2/c1-3-8-4-5-9(6-10(8)12)7(2)11(13)14/h4-7H,3H2,1-2H3,(H,13,14). The van der Waals surface area contributed by atoms with Gasteiger partial charge in [-0.25, -0.2) is 4.39 Å². The van der Waals surface area contributed by atoms with Gasteiger partial charge in [-0.05, 0) is 30.5 Å². The molecule has 1 atom stereocenters. The van der Waals surface area contributed by atoms with Crippen LogP contribution in [0.5, 0.6) is 0 Å². The molecule has 0 bridgehead atoms. The quantitative estimate of drug-likeness (QED) is 0.806. The molecule has 0 saturated carbocycles. The van der Waals surface area contributed by atoms with Gasteiger partial charge in [-0.15, -0.1) is 0 Å². The minimum absolute atomic E-state index is 0.321. The molecule has 0 fully saturated rings. The summed E-state index contributed by atoms with van der Waals surface area (Å²) in [5.74, 6) is -1.91. The van der Waals surface area contributed by atoms with Crippen LogP contribution in [0.15, 0.2) is 18.2 Å². The van der Waals surface area contributed by atoms with Crippen LogP contribution in [0.1, 0.15) is 30.9 Å². The topological polar surface area (TPSA) is 37.3 Å². The zero-order chi connectivity index (χ0) is 10.7. The fraction of sp³-hybridized carbons (Fsp3) is 0.364. The third kappa shape index (κ3) is 2.10. The van der Waals surface area contributed by atoms with Crippen molar-refractivity contribution in [3.05, 3.63) is 35.1 Å². The Morgan fingerprint density at radius 2 is 2.21 bits per heavy atom. The molecule has 3 heteroatoms. The van der Waals surface area contributed by atoms with Gasteiger partial charge in [-0.2, -0.15) is 0 Å². The predicted molar refractivity (Wildman–Crippen MR) is 51.8 cm³/mol. The molecule has 0 radical (unpaired) electrons. The number of benzene rings is 1. The van der Waals surface area contributed by atoms with Crippen LogP contribution in [0.4, 0.5) is 4.39 Å². The molecular formula is C11H13FO2. The molecular weight excluding hydrogens is 183 g/mol. The van der Waals surface area contributed by atoms with Crippen molar-refractivity contribution in [1.82, 2.24) is 0 Å². The highest BCUT2D eigenvalue weighted by molar-refractivity contribution is 5.75. The second-order valence-electron chi connectivity index (χ2n) is 3.26. The van der Waals surface area contributed by atoms with Gasteiger partial charge >= 0.3 is 5.97 Å². The number of carboxylic acids is 1. The lowest BCUT2D eigenvalue weighted by Gasteiger charge is -2.08. The van der Waals surface area contributed by atoms with Gasteiger partial charge in [0, 0.05) is 0 Å². The van der Waals surface area contributed by atoms with Crippen molar-refractivity contribution in [3.8, 4) is 0 Å². The van der Waals surface area contributed by atoms with E-state index >= 15 is 0 Å². The maximum atomic E-state index is 13.3. The Bertz CT molecular complexity index is 347. The van der Waals surface area contributed by atoms with E-state index in [4.69, 9.17) is 5.11 Å². The Hall–Kier alpha value is -1.38. The monoisotopic (exact) mass is 196 g/mol. The molecule has 0 aliphatic carbocycles. The van der Waals surface area contributed by atoms with E-state index in [1.165, 1.54) is 6.07 Å². The van der Waals surface area contributed by atoms with Crippen LogP contribution >= 0.6 is 0 Å². The van der Waals surface area contributed by atoms with Gasteiger partial charge < -0.3 is 5.11 Å². The number of hydrogen-bond acceptors (Lipinski definition) is 1. The highest BCUT2D eigenvalue weighted by Crippen LogP contribution is 2.19. The number of carbonyl (C=O) groups is 1. The van der Waals surface area contributed by atoms with Crippen molar-refractivity contribution in [2.45, 2.75) is 26.2 Å². The predicted octanol–water partition coefficient (Wildman–Crippen LogP) is 2.58. The summed E-state index contributed by atoms with van der Waals surface area (Å²) in [4.78, 5) is 10.6. The average molecular weight is 196 g/mol. The maximum Gasteiger partial charge on any atom is 0.310 e. The number of carboxylic acid groups (broad SMARTS) is 1. The van der Waals surface area contributed by atoms with E-state index in [2.05, 4.69) is 0 Å². The molecule has 0 amide bonds. The van der Waals surface area contributed by atoms with E-state index in [-0.39, 0.29) is 5.82 Å². The van der Waals surface area contributed by atoms with Gasteiger partial charge in [0.2, 0.25) is 0 Å². The van der Waals surface area contributed by atoms with Crippen molar-refractivity contribution < 1.29 is 14.3 Å². The summed E-state index contributed by atoms with van der Waals surface area (Å²) >= 11 is 0. The lowest BCUT2D eigenvalue weighted by atomic mass is 9.99. The van der Waals surface area contributed by atoms with Crippen LogP contribution < -0.4 is 0 Å². The second kappa shape index (κ2) is 4.22. The lowest BCUT2D eigenvalue weighted by Crippen LogP contribution is -2.08. The molecule has 1 N–H and O–H groups in total. The first-order valence-electron chi connectivity index (χ1n) is 4.57. The molecule has 0 aliphatic rings. The van der Waals surface area contributed by atoms with Crippen LogP contribution in [-0.4, -0.2) is 11.1 Å². The minimum atomic E-state index is -0.936. The van der Waals surface area contributed by atoms with Crippen molar-refractivity contribution in [3.63, 3.8) is 0 Å². The number of hydrogen-bond donors (Lipinski definition) is 1. The Kier molecular flexibility index (Phi) is 3.23. The number of halogens is 1. The van der Waals surface area contributed by atoms with Gasteiger partial charge in [0.05, 0.1) is 5.92 Å². The van der Waals surface area contributed by atoms with E-state index in [1.807, 2.05) is 6.92 Å². The first kappa shape index (κ1) is 10.7. The van der Waals surface area contributed by atoms with Crippen molar-refractivity contribution in [1.29, 1.82) is 0 Å². The third-order valence-corrected chi connectivity index (χ3v) is 2.33. The SMILES string of the molecule is CCc1ccc(C(C)C(=O)O)cc1F. The van der Waals surface area contributed by atoms with Crippen LogP contribution in [0.25, 0.3) is 0 Å². The molecule has 0 heterocycles. The first-order valence-corrected chi connectivity index (χ1v) is 4.57. The van der Waals surface area contributed by atoms with Crippen LogP contribution in [0, 0.1) is 5.82 Å². The van der Waals surface area contributed by atoms with Gasteiger partial charge in [0.25, 0.3) is 0 Å². The molecule has 0 aromatic heterocycles. The van der Waals surface area contributed by atoms with Gasteiger partial charge in [0.15, 0.2) is 0 Å². The van der Waals surface area contributed by atoms with Crippen LogP contribution in [0.3, 0.4) is 0 Å². The van der Waals surface area contributed by atoms with Crippen LogP contribution in [0.2, 0.25) is 0 Å². The Morgan fingerprint density at radius 3 is 2.64 bits per heavy atom. The fourth-order valence-corrected chi connectivity index (χ4v) is 1.26. The largest absolute Gasteiger partial charge is 0.481 e. The maximum absolute atomic E-state index is 13.3. The number of aliphatic carboxylic acids is 1. The summed E-state index contributed by atoms with van der Waals surface area (Å²) in [6.07, 6.45) is 0.619. The lowest BCUT2D eigenvalue weighted by molar-refractivity contribution is -0.138. The second-order valence-corrected chi connectivity index (χ2v) is 3.26. The van der Waals surface area contributed by atoms with Crippen molar-refractivity contribution in [2.24, 2.45) is 0 Å². The smallest absolute Gasteiger partial charge is 0.310 e. The summed E-state index contributed by atoms with van der Waals surface area (Å²) in [6, 6.07) is 4.61. The minimum Gasteiger partial charge on any atom is -0.481 e. The van der Waals surface area contributed by atoms with Gasteiger partial charge in [0.1, 0.15) is 5.82 Å². The first-order chi connectivity index (χ1) is 6.56. The summed E-state index contributed by atoms with van der Waals surface area (Å²) in [6.45, 7) is 3.40. The average Bonchev–Trinajstić information content (AvgIpc) is 2.16. The molecule has 1 aromatic carbocycles. The highest BCUT2D eigenvalue weighted by atomic mass is 19.1. The molecule has 2 nitrogen and oxygen atoms in total. The number of rotatable bonds is 3. The summed E-state index contributed by atoms with van der Waals surface area (Å²) < 4.78 is 13.3. The molecule has 1 aromatic rings. The molecule has 0 aliphatic heterocycles. The van der Waals surface area contributed by atoms with E-state index in [0.29, 0.717) is 17.5 Å². The van der Waals surface area contributed by atoms with Gasteiger partial charge in [-0.3, -0.25) is 4.79 Å². The normalized spacial score (nSPS) is 12.5. The zero-order valence-corrected chi connectivity index (χ0v) is 8.25. The van der Waals surface area contributed by atoms with Crippen molar-refractivity contribution >= 4 is 5.97 Å². The summed E-state index contributed by atoms with van der Waals surface area (Å²) in [7, 11) is 0. The van der Waals surface area contributed by atoms with E-state index in [0.717, 1.165) is 0 Å². The van der Waals surface area contributed by atoms with E-state index < -0.39 is 11.9 Å². The molecule has 76 valence electrons. The van der Waals surface area contributed by atoms with E-state index in [9.17, 15) is 9.18 Å². The Morgan fingerprint density at radius 1 is 1.57 bits per heavy atom. The molecule has 14 heavy (non-hydrogen) atoms. The van der Waals surface area contributed by atoms with Crippen LogP contribution in [-0.2, 0) is 11.2 Å². The summed E-state index contributed by atoms with van der Waals surface area (Å²) in [5.41, 5.74) is 1.12. The van der Waals surface area contributed by atoms with Gasteiger partial charge in [-0.1, -0.05) is 19.1 Å². The summed E-state index contributed by atoms with van der Waals surface area (Å²) in [5, 5.41) is 8.73. The molecule has 1 unspecified atom stereocenters. The molecule has 0 saturated heterocycles. The van der Waals surface area contributed by atoms with E-state index in [1.54, 1.807) is 19.1 Å². The van der Waals surface area contributed by atoms with Crippen molar-refractivity contribution in [2.75, 3.05) is 0 Å². The zero-order valence-electron chi connectivity index (χ0n) is 8.25. The molecule has 1 rings (SSSR count). The Balaban J connectivity index is 3.02. The Labute approximate surface area is 82.4 Å².